The van der Waals surface area contributed by atoms with Crippen LogP contribution in [0.2, 0.25) is 0 Å². The molecule has 2 aromatic rings. The summed E-state index contributed by atoms with van der Waals surface area (Å²) in [5.41, 5.74) is 3.23. The van der Waals surface area contributed by atoms with Crippen LogP contribution in [0, 0.1) is 5.82 Å². The third-order valence-corrected chi connectivity index (χ3v) is 5.17. The number of benzene rings is 2. The summed E-state index contributed by atoms with van der Waals surface area (Å²) in [5, 5.41) is 2.95. The molecule has 0 aromatic heterocycles. The molecule has 1 aliphatic heterocycles. The van der Waals surface area contributed by atoms with Crippen LogP contribution < -0.4 is 5.32 Å². The minimum Gasteiger partial charge on any atom is -0.350 e. The SMILES string of the molecule is CC(CNC(=O)c1ccc(F)cc1Br)N1CCc2ccccc2C1. The van der Waals surface area contributed by atoms with Crippen molar-refractivity contribution in [2.75, 3.05) is 13.1 Å². The summed E-state index contributed by atoms with van der Waals surface area (Å²) >= 11 is 3.24. The van der Waals surface area contributed by atoms with Crippen LogP contribution >= 0.6 is 15.9 Å². The van der Waals surface area contributed by atoms with Gasteiger partial charge in [0.1, 0.15) is 5.82 Å². The van der Waals surface area contributed by atoms with Crippen LogP contribution in [0.5, 0.6) is 0 Å². The zero-order valence-electron chi connectivity index (χ0n) is 13.6. The first-order valence-corrected chi connectivity index (χ1v) is 8.88. The summed E-state index contributed by atoms with van der Waals surface area (Å²) in [4.78, 5) is 14.7. The minimum absolute atomic E-state index is 0.189. The predicted molar refractivity (Wildman–Crippen MR) is 96.5 cm³/mol. The zero-order valence-corrected chi connectivity index (χ0v) is 15.1. The topological polar surface area (TPSA) is 32.3 Å². The van der Waals surface area contributed by atoms with E-state index in [-0.39, 0.29) is 17.8 Å². The Labute approximate surface area is 150 Å². The molecule has 0 saturated heterocycles. The van der Waals surface area contributed by atoms with Gasteiger partial charge in [-0.25, -0.2) is 4.39 Å². The fourth-order valence-corrected chi connectivity index (χ4v) is 3.56. The normalized spacial score (nSPS) is 15.6. The molecule has 1 heterocycles. The van der Waals surface area contributed by atoms with Crippen LogP contribution in [0.15, 0.2) is 46.9 Å². The average molecular weight is 391 g/mol. The van der Waals surface area contributed by atoms with Gasteiger partial charge in [-0.15, -0.1) is 0 Å². The van der Waals surface area contributed by atoms with Gasteiger partial charge in [-0.1, -0.05) is 24.3 Å². The summed E-state index contributed by atoms with van der Waals surface area (Å²) in [6.45, 7) is 4.58. The molecule has 126 valence electrons. The number of nitrogens with zero attached hydrogens (tertiary/aromatic N) is 1. The molecule has 3 nitrogen and oxygen atoms in total. The molecule has 1 amide bonds. The molecule has 0 saturated carbocycles. The number of hydrogen-bond donors (Lipinski definition) is 1. The van der Waals surface area contributed by atoms with E-state index in [4.69, 9.17) is 0 Å². The highest BCUT2D eigenvalue weighted by Crippen LogP contribution is 2.20. The van der Waals surface area contributed by atoms with Crippen molar-refractivity contribution in [2.45, 2.75) is 25.9 Å². The van der Waals surface area contributed by atoms with Crippen LogP contribution in [0.1, 0.15) is 28.4 Å². The van der Waals surface area contributed by atoms with E-state index in [9.17, 15) is 9.18 Å². The van der Waals surface area contributed by atoms with Gasteiger partial charge in [-0.2, -0.15) is 0 Å². The van der Waals surface area contributed by atoms with E-state index in [0.29, 0.717) is 16.6 Å². The molecule has 0 aliphatic carbocycles. The first-order valence-electron chi connectivity index (χ1n) is 8.08. The predicted octanol–water partition coefficient (Wildman–Crippen LogP) is 3.76. The van der Waals surface area contributed by atoms with Crippen LogP contribution in [0.25, 0.3) is 0 Å². The van der Waals surface area contributed by atoms with Crippen LogP contribution in [0.3, 0.4) is 0 Å². The van der Waals surface area contributed by atoms with E-state index in [1.54, 1.807) is 0 Å². The van der Waals surface area contributed by atoms with Crippen molar-refractivity contribution in [2.24, 2.45) is 0 Å². The fourth-order valence-electron chi connectivity index (χ4n) is 3.03. The number of fused-ring (bicyclic) bond motifs is 1. The Kier molecular flexibility index (Phi) is 5.31. The number of carbonyl (C=O) groups is 1. The maximum absolute atomic E-state index is 13.1. The number of hydrogen-bond acceptors (Lipinski definition) is 2. The highest BCUT2D eigenvalue weighted by molar-refractivity contribution is 9.10. The Hall–Kier alpha value is -1.72. The largest absolute Gasteiger partial charge is 0.350 e. The Morgan fingerprint density at radius 1 is 1.29 bits per heavy atom. The zero-order chi connectivity index (χ0) is 17.1. The summed E-state index contributed by atoms with van der Waals surface area (Å²) in [6.07, 6.45) is 1.04. The molecule has 1 aliphatic rings. The molecular weight excluding hydrogens is 371 g/mol. The van der Waals surface area contributed by atoms with Gasteiger partial charge in [0.25, 0.3) is 5.91 Å². The number of amides is 1. The average Bonchev–Trinajstić information content (AvgIpc) is 2.59. The molecule has 3 rings (SSSR count). The van der Waals surface area contributed by atoms with Crippen molar-refractivity contribution in [1.82, 2.24) is 10.2 Å². The number of nitrogens with one attached hydrogen (secondary N) is 1. The molecule has 24 heavy (non-hydrogen) atoms. The Bertz CT molecular complexity index is 750. The monoisotopic (exact) mass is 390 g/mol. The van der Waals surface area contributed by atoms with Gasteiger partial charge in [0.2, 0.25) is 0 Å². The smallest absolute Gasteiger partial charge is 0.252 e. The third-order valence-electron chi connectivity index (χ3n) is 4.52. The molecule has 2 aromatic carbocycles. The fraction of sp³-hybridized carbons (Fsp3) is 0.316. The van der Waals surface area contributed by atoms with E-state index in [1.165, 1.54) is 29.3 Å². The second kappa shape index (κ2) is 7.45. The summed E-state index contributed by atoms with van der Waals surface area (Å²) in [5.74, 6) is -0.551. The van der Waals surface area contributed by atoms with Crippen molar-refractivity contribution in [3.63, 3.8) is 0 Å². The Morgan fingerprint density at radius 2 is 2.04 bits per heavy atom. The summed E-state index contributed by atoms with van der Waals surface area (Å²) in [6, 6.07) is 12.8. The number of carbonyl (C=O) groups excluding carboxylic acids is 1. The van der Waals surface area contributed by atoms with Gasteiger partial charge < -0.3 is 5.32 Å². The molecule has 0 fully saturated rings. The lowest BCUT2D eigenvalue weighted by atomic mass is 9.99. The quantitative estimate of drug-likeness (QED) is 0.861. The van der Waals surface area contributed by atoms with Crippen LogP contribution in [0.4, 0.5) is 4.39 Å². The first-order chi connectivity index (χ1) is 11.5. The standard InChI is InChI=1S/C19H20BrFN2O/c1-13(23-9-8-14-4-2-3-5-15(14)12-23)11-22-19(24)17-7-6-16(21)10-18(17)20/h2-7,10,13H,8-9,11-12H2,1H3,(H,22,24). The lowest BCUT2D eigenvalue weighted by molar-refractivity contribution is 0.0931. The van der Waals surface area contributed by atoms with E-state index in [1.807, 2.05) is 0 Å². The van der Waals surface area contributed by atoms with Crippen molar-refractivity contribution in [1.29, 1.82) is 0 Å². The van der Waals surface area contributed by atoms with Gasteiger partial charge >= 0.3 is 0 Å². The second-order valence-electron chi connectivity index (χ2n) is 6.17. The van der Waals surface area contributed by atoms with Gasteiger partial charge in [-0.3, -0.25) is 9.69 Å². The van der Waals surface area contributed by atoms with E-state index in [0.717, 1.165) is 19.5 Å². The third kappa shape index (κ3) is 3.84. The van der Waals surface area contributed by atoms with Gasteiger partial charge in [0.05, 0.1) is 5.56 Å². The Balaban J connectivity index is 1.58. The lowest BCUT2D eigenvalue weighted by Crippen LogP contribution is -2.44. The van der Waals surface area contributed by atoms with Crippen LogP contribution in [-0.4, -0.2) is 29.9 Å². The number of halogens is 2. The first kappa shape index (κ1) is 17.1. The second-order valence-corrected chi connectivity index (χ2v) is 7.03. The maximum atomic E-state index is 13.1. The summed E-state index contributed by atoms with van der Waals surface area (Å²) in [7, 11) is 0. The van der Waals surface area contributed by atoms with E-state index < -0.39 is 0 Å². The van der Waals surface area contributed by atoms with Gasteiger partial charge in [-0.05, 0) is 58.6 Å². The maximum Gasteiger partial charge on any atom is 0.252 e. The Morgan fingerprint density at radius 3 is 2.79 bits per heavy atom. The van der Waals surface area contributed by atoms with Crippen molar-refractivity contribution in [3.8, 4) is 0 Å². The molecule has 5 heteroatoms. The molecular formula is C19H20BrFN2O. The van der Waals surface area contributed by atoms with Gasteiger partial charge in [0, 0.05) is 30.1 Å². The molecule has 1 unspecified atom stereocenters. The molecule has 0 bridgehead atoms. The summed E-state index contributed by atoms with van der Waals surface area (Å²) < 4.78 is 13.6. The molecule has 0 radical (unpaired) electrons. The van der Waals surface area contributed by atoms with Gasteiger partial charge in [0.15, 0.2) is 0 Å². The molecule has 1 N–H and O–H groups in total. The molecule has 1 atom stereocenters. The van der Waals surface area contributed by atoms with E-state index >= 15 is 0 Å². The highest BCUT2D eigenvalue weighted by Gasteiger charge is 2.21. The van der Waals surface area contributed by atoms with Crippen LogP contribution in [-0.2, 0) is 13.0 Å². The van der Waals surface area contributed by atoms with Crippen molar-refractivity contribution >= 4 is 21.8 Å². The van der Waals surface area contributed by atoms with E-state index in [2.05, 4.69) is 57.3 Å². The molecule has 0 spiro atoms. The minimum atomic E-state index is -0.362. The number of rotatable bonds is 4. The highest BCUT2D eigenvalue weighted by atomic mass is 79.9. The van der Waals surface area contributed by atoms with Crippen molar-refractivity contribution < 1.29 is 9.18 Å². The lowest BCUT2D eigenvalue weighted by Gasteiger charge is -2.33. The van der Waals surface area contributed by atoms with Crippen molar-refractivity contribution in [3.05, 3.63) is 69.4 Å².